The molecule has 0 radical (unpaired) electrons. The first-order chi connectivity index (χ1) is 13.7. The molecule has 0 aliphatic rings. The van der Waals surface area contributed by atoms with Crippen LogP contribution in [-0.2, 0) is 13.1 Å². The van der Waals surface area contributed by atoms with Crippen LogP contribution in [0.25, 0.3) is 12.4 Å². The molecule has 2 aromatic heterocycles. The van der Waals surface area contributed by atoms with Crippen LogP contribution in [0.1, 0.15) is 12.8 Å². The molecule has 2 rings (SSSR count). The predicted octanol–water partition coefficient (Wildman–Crippen LogP) is 8.31. The van der Waals surface area contributed by atoms with Gasteiger partial charge in [-0.1, -0.05) is 13.2 Å². The van der Waals surface area contributed by atoms with Crippen molar-refractivity contribution in [1.29, 1.82) is 0 Å². The van der Waals surface area contributed by atoms with Gasteiger partial charge in [0.25, 0.3) is 0 Å². The Morgan fingerprint density at radius 2 is 0.844 bits per heavy atom. The summed E-state index contributed by atoms with van der Waals surface area (Å²) in [6.45, 7) is 9.54. The molecule has 2 heterocycles. The zero-order chi connectivity index (χ0) is 25.6. The van der Waals surface area contributed by atoms with E-state index in [1.54, 1.807) is 12.4 Å². The van der Waals surface area contributed by atoms with E-state index in [1.165, 1.54) is 0 Å². The van der Waals surface area contributed by atoms with E-state index in [4.69, 9.17) is 0 Å². The van der Waals surface area contributed by atoms with E-state index in [0.717, 1.165) is 25.9 Å². The van der Waals surface area contributed by atoms with Crippen LogP contribution in [0.3, 0.4) is 0 Å². The van der Waals surface area contributed by atoms with Crippen molar-refractivity contribution in [2.75, 3.05) is 0 Å². The molecule has 0 aliphatic heterocycles. The zero-order valence-corrected chi connectivity index (χ0v) is 17.9. The van der Waals surface area contributed by atoms with Gasteiger partial charge in [-0.25, -0.2) is 18.3 Å². The van der Waals surface area contributed by atoms with Crippen LogP contribution in [0.4, 0.5) is 50.4 Å². The van der Waals surface area contributed by atoms with E-state index >= 15 is 0 Å². The van der Waals surface area contributed by atoms with Crippen molar-refractivity contribution >= 4 is 28.0 Å². The Hall–Kier alpha value is -2.08. The maximum absolute atomic E-state index is 10.7. The molecule has 0 amide bonds. The molecule has 0 aliphatic carbocycles. The fourth-order valence-corrected chi connectivity index (χ4v) is 1.89. The van der Waals surface area contributed by atoms with E-state index in [9.17, 15) is 50.4 Å². The molecule has 0 fully saturated rings. The first-order valence-corrected chi connectivity index (χ1v) is 12.3. The molecule has 0 saturated carbocycles. The molecule has 0 atom stereocenters. The number of rotatable bonds is 7. The molecule has 0 saturated heterocycles. The van der Waals surface area contributed by atoms with Crippen molar-refractivity contribution in [2.45, 2.75) is 25.9 Å². The van der Waals surface area contributed by atoms with Gasteiger partial charge >= 0.3 is 66.0 Å². The Morgan fingerprint density at radius 3 is 1.03 bits per heavy atom. The van der Waals surface area contributed by atoms with Gasteiger partial charge in [-0.05, 0) is 12.8 Å². The number of halogens is 12. The quantitative estimate of drug-likeness (QED) is 0.147. The maximum atomic E-state index is 9.87. The molecular formula is C14H20F12N4P2. The first kappa shape index (κ1) is 29.9. The van der Waals surface area contributed by atoms with Gasteiger partial charge < -0.3 is 0 Å². The minimum atomic E-state index is -10.7. The molecule has 18 heteroatoms. The Kier molecular flexibility index (Phi) is 7.82. The third-order valence-corrected chi connectivity index (χ3v) is 2.93. The third-order valence-electron chi connectivity index (χ3n) is 2.93. The van der Waals surface area contributed by atoms with Crippen molar-refractivity contribution in [3.8, 4) is 0 Å². The molecule has 190 valence electrons. The summed E-state index contributed by atoms with van der Waals surface area (Å²) in [7, 11) is -21.3. The van der Waals surface area contributed by atoms with Crippen LogP contribution in [0.15, 0.2) is 50.6 Å². The number of aryl methyl sites for hydroxylation is 2. The molecule has 0 N–H and O–H groups in total. The molecule has 4 nitrogen and oxygen atoms in total. The van der Waals surface area contributed by atoms with Gasteiger partial charge in [0.15, 0.2) is 0 Å². The fraction of sp³-hybridized carbons (Fsp3) is 0.286. The standard InChI is InChI=1S/C14H20N4.2F6P/c1-3-15-9-11-17(13-15)7-5-6-8-18-12-10-16(4-2)14-18;2*1-7(2,3,4,5)6/h3-4,9-14H,1-2,5-8H2;;/q+2;2*-1. The Bertz CT molecular complexity index is 811. The Balaban J connectivity index is 0.000000570. The van der Waals surface area contributed by atoms with Crippen molar-refractivity contribution in [3.05, 3.63) is 50.6 Å². The second-order valence-corrected chi connectivity index (χ2v) is 10.0. The fourth-order valence-electron chi connectivity index (χ4n) is 1.89. The number of hydrogen-bond donors (Lipinski definition) is 0. The average molecular weight is 534 g/mol. The first-order valence-electron chi connectivity index (χ1n) is 8.23. The summed E-state index contributed by atoms with van der Waals surface area (Å²) >= 11 is 0. The summed E-state index contributed by atoms with van der Waals surface area (Å²) in [5, 5.41) is 0. The van der Waals surface area contributed by atoms with Gasteiger partial charge in [-0.15, -0.1) is 0 Å². The SMILES string of the molecule is C=Cn1cc[n+](CCCC[n+]2ccn(C=C)c2)c1.F[P-](F)(F)(F)(F)F.F[P-](F)(F)(F)(F)F. The molecule has 0 bridgehead atoms. The van der Waals surface area contributed by atoms with Crippen molar-refractivity contribution in [1.82, 2.24) is 9.13 Å². The van der Waals surface area contributed by atoms with Crippen LogP contribution in [0, 0.1) is 0 Å². The molecule has 0 spiro atoms. The number of aromatic nitrogens is 4. The zero-order valence-electron chi connectivity index (χ0n) is 16.1. The van der Waals surface area contributed by atoms with Crippen LogP contribution in [0.5, 0.6) is 0 Å². The number of hydrogen-bond acceptors (Lipinski definition) is 0. The van der Waals surface area contributed by atoms with Crippen molar-refractivity contribution in [2.24, 2.45) is 0 Å². The van der Waals surface area contributed by atoms with Gasteiger partial charge in [0.1, 0.15) is 24.8 Å². The van der Waals surface area contributed by atoms with Crippen LogP contribution in [0.2, 0.25) is 0 Å². The number of nitrogens with zero attached hydrogens (tertiary/aromatic N) is 4. The average Bonchev–Trinajstić information content (AvgIpc) is 3.14. The van der Waals surface area contributed by atoms with E-state index < -0.39 is 15.6 Å². The topological polar surface area (TPSA) is 17.6 Å². The van der Waals surface area contributed by atoms with Crippen LogP contribution in [-0.4, -0.2) is 9.13 Å². The summed E-state index contributed by atoms with van der Waals surface area (Å²) < 4.78 is 127. The summed E-state index contributed by atoms with van der Waals surface area (Å²) in [5.41, 5.74) is 0. The number of unbranched alkanes of at least 4 members (excludes halogenated alkanes) is 1. The minimum absolute atomic E-state index is 1.05. The second kappa shape index (κ2) is 8.36. The second-order valence-electron chi connectivity index (χ2n) is 6.19. The summed E-state index contributed by atoms with van der Waals surface area (Å²) in [6.07, 6.45) is 18.2. The van der Waals surface area contributed by atoms with Gasteiger partial charge in [0.2, 0.25) is 12.7 Å². The van der Waals surface area contributed by atoms with E-state index in [2.05, 4.69) is 34.7 Å². The molecule has 0 unspecified atom stereocenters. The number of imidazole rings is 2. The van der Waals surface area contributed by atoms with Gasteiger partial charge in [0, 0.05) is 0 Å². The molecule has 32 heavy (non-hydrogen) atoms. The van der Waals surface area contributed by atoms with E-state index in [-0.39, 0.29) is 0 Å². The van der Waals surface area contributed by atoms with E-state index in [1.807, 2.05) is 34.2 Å². The van der Waals surface area contributed by atoms with Gasteiger partial charge in [0.05, 0.1) is 25.5 Å². The van der Waals surface area contributed by atoms with Crippen LogP contribution >= 0.6 is 15.6 Å². The molecule has 2 aromatic rings. The van der Waals surface area contributed by atoms with E-state index in [0.29, 0.717) is 0 Å². The molecular weight excluding hydrogens is 514 g/mol. The third kappa shape index (κ3) is 27.9. The summed E-state index contributed by atoms with van der Waals surface area (Å²) in [5.74, 6) is 0. The summed E-state index contributed by atoms with van der Waals surface area (Å²) in [4.78, 5) is 0. The van der Waals surface area contributed by atoms with Gasteiger partial charge in [-0.2, -0.15) is 0 Å². The Morgan fingerprint density at radius 1 is 0.594 bits per heavy atom. The monoisotopic (exact) mass is 534 g/mol. The van der Waals surface area contributed by atoms with Gasteiger partial charge in [-0.3, -0.25) is 0 Å². The molecule has 0 aromatic carbocycles. The van der Waals surface area contributed by atoms with Crippen molar-refractivity contribution < 1.29 is 59.5 Å². The van der Waals surface area contributed by atoms with Crippen molar-refractivity contribution in [3.63, 3.8) is 0 Å². The predicted molar refractivity (Wildman–Crippen MR) is 98.4 cm³/mol. The van der Waals surface area contributed by atoms with Crippen LogP contribution < -0.4 is 9.13 Å². The normalized spacial score (nSPS) is 16.0. The Labute approximate surface area is 174 Å². The summed E-state index contributed by atoms with van der Waals surface area (Å²) in [6, 6.07) is 0.